The van der Waals surface area contributed by atoms with Crippen molar-refractivity contribution in [2.24, 2.45) is 0 Å². The van der Waals surface area contributed by atoms with Gasteiger partial charge in [-0.25, -0.2) is 18.6 Å². The molecule has 6 aromatic rings. The summed E-state index contributed by atoms with van der Waals surface area (Å²) in [6, 6.07) is 52.9. The van der Waals surface area contributed by atoms with E-state index in [2.05, 4.69) is 127 Å². The first kappa shape index (κ1) is 28.4. The van der Waals surface area contributed by atoms with Gasteiger partial charge in [-0.2, -0.15) is 4.98 Å². The van der Waals surface area contributed by atoms with Crippen molar-refractivity contribution in [3.8, 4) is 22.8 Å². The van der Waals surface area contributed by atoms with Gasteiger partial charge in [-0.3, -0.25) is 0 Å². The van der Waals surface area contributed by atoms with Crippen molar-refractivity contribution < 1.29 is 33.3 Å². The van der Waals surface area contributed by atoms with Gasteiger partial charge in [-0.15, -0.1) is 10.2 Å². The minimum absolute atomic E-state index is 0.636. The third kappa shape index (κ3) is 6.45. The van der Waals surface area contributed by atoms with Crippen LogP contribution in [0.5, 0.6) is 0 Å². The average molecular weight is 582 g/mol. The number of nitrogens with zero attached hydrogens (tertiary/aromatic N) is 1. The predicted octanol–water partition coefficient (Wildman–Crippen LogP) is 1.87. The molecule has 0 aliphatic heterocycles. The molecule has 6 nitrogen and oxygen atoms in total. The molecule has 0 N–H and O–H groups in total. The van der Waals surface area contributed by atoms with E-state index in [1.165, 1.54) is 15.9 Å². The van der Waals surface area contributed by atoms with Crippen molar-refractivity contribution in [1.29, 1.82) is 0 Å². The van der Waals surface area contributed by atoms with Crippen LogP contribution in [0.3, 0.4) is 0 Å². The lowest BCUT2D eigenvalue weighted by molar-refractivity contribution is -2.00. The Bertz CT molecular complexity index is 1560. The molecule has 0 spiro atoms. The van der Waals surface area contributed by atoms with Crippen LogP contribution in [0, 0.1) is 10.2 Å². The SMILES string of the molecule is [O-][Cl+3]([O-])([O-])[O-].c1ccc(-c2nc([P+](c3ccccc3)(c3ccccc3)c3ccccc3)c(-c3ccccc3)o2)cc1. The van der Waals surface area contributed by atoms with Crippen molar-refractivity contribution in [2.75, 3.05) is 0 Å². The summed E-state index contributed by atoms with van der Waals surface area (Å²) in [7, 11) is -7.36. The van der Waals surface area contributed by atoms with E-state index >= 15 is 0 Å². The summed E-state index contributed by atoms with van der Waals surface area (Å²) >= 11 is 0. The molecule has 1 aromatic heterocycles. The smallest absolute Gasteiger partial charge is 0.245 e. The zero-order valence-corrected chi connectivity index (χ0v) is 23.4. The maximum atomic E-state index is 8.49. The highest BCUT2D eigenvalue weighted by atomic mass is 35.7. The zero-order chi connectivity index (χ0) is 28.7. The van der Waals surface area contributed by atoms with E-state index in [0.717, 1.165) is 22.3 Å². The number of hydrogen-bond donors (Lipinski definition) is 0. The van der Waals surface area contributed by atoms with Crippen molar-refractivity contribution in [1.82, 2.24) is 4.98 Å². The Balaban J connectivity index is 0.000000623. The second-order valence-electron chi connectivity index (χ2n) is 8.96. The molecule has 5 aromatic carbocycles. The highest BCUT2D eigenvalue weighted by Crippen LogP contribution is 2.56. The van der Waals surface area contributed by atoms with E-state index in [1.54, 1.807) is 0 Å². The van der Waals surface area contributed by atoms with Gasteiger partial charge in [0.15, 0.2) is 13.0 Å². The third-order valence-corrected chi connectivity index (χ3v) is 10.6. The maximum absolute atomic E-state index is 8.49. The zero-order valence-electron chi connectivity index (χ0n) is 21.7. The Kier molecular flexibility index (Phi) is 8.72. The minimum Gasteiger partial charge on any atom is -0.432 e. The second-order valence-corrected chi connectivity index (χ2v) is 13.0. The predicted molar refractivity (Wildman–Crippen MR) is 152 cm³/mol. The van der Waals surface area contributed by atoms with Gasteiger partial charge in [0.25, 0.3) is 0 Å². The van der Waals surface area contributed by atoms with Gasteiger partial charge < -0.3 is 4.42 Å². The number of hydrogen-bond acceptors (Lipinski definition) is 6. The summed E-state index contributed by atoms with van der Waals surface area (Å²) in [6.45, 7) is 0. The van der Waals surface area contributed by atoms with Gasteiger partial charge in [0.05, 0.1) is 0 Å². The lowest BCUT2D eigenvalue weighted by atomic mass is 10.2. The molecule has 41 heavy (non-hydrogen) atoms. The lowest BCUT2D eigenvalue weighted by Gasteiger charge is -2.25. The topological polar surface area (TPSA) is 118 Å². The van der Waals surface area contributed by atoms with E-state index in [1.807, 2.05) is 24.3 Å². The standard InChI is InChI=1S/C33H25NOP.ClHO4/c1-6-16-26(17-7-1)31-33(34-32(35-31)27-18-8-2-9-19-27)36(28-20-10-3-11-21-28,29-22-12-4-13-23-29)30-24-14-5-15-25-30;2-1(3,4)5/h1-25H;(H,2,3,4,5)/q+1;/p-1. The third-order valence-electron chi connectivity index (χ3n) is 6.41. The Morgan fingerprint density at radius 2 is 0.780 bits per heavy atom. The average Bonchev–Trinajstić information content (AvgIpc) is 3.45. The molecule has 0 unspecified atom stereocenters. The fourth-order valence-corrected chi connectivity index (χ4v) is 9.00. The molecule has 0 atom stereocenters. The van der Waals surface area contributed by atoms with Gasteiger partial charge in [0.1, 0.15) is 15.9 Å². The summed E-state index contributed by atoms with van der Waals surface area (Å²) in [6.07, 6.45) is 0. The molecule has 0 bridgehead atoms. The summed E-state index contributed by atoms with van der Waals surface area (Å²) < 4.78 is 40.6. The summed E-state index contributed by atoms with van der Waals surface area (Å²) in [4.78, 5) is 5.34. The maximum Gasteiger partial charge on any atom is 0.245 e. The van der Waals surface area contributed by atoms with Crippen LogP contribution in [0.4, 0.5) is 0 Å². The molecular weight excluding hydrogens is 557 g/mol. The Hall–Kier alpha value is -4.13. The molecule has 0 saturated carbocycles. The van der Waals surface area contributed by atoms with Gasteiger partial charge in [-0.1, -0.05) is 103 Å². The van der Waals surface area contributed by atoms with E-state index < -0.39 is 17.5 Å². The Labute approximate surface area is 240 Å². The molecule has 0 saturated heterocycles. The fraction of sp³-hybridized carbons (Fsp3) is 0. The van der Waals surface area contributed by atoms with Crippen LogP contribution in [-0.2, 0) is 0 Å². The lowest BCUT2D eigenvalue weighted by Crippen LogP contribution is -2.68. The number of benzene rings is 5. The van der Waals surface area contributed by atoms with Crippen molar-refractivity contribution >= 4 is 28.6 Å². The van der Waals surface area contributed by atoms with E-state index in [4.69, 9.17) is 28.0 Å². The normalized spacial score (nSPS) is 11.4. The number of rotatable bonds is 6. The summed E-state index contributed by atoms with van der Waals surface area (Å²) in [5.41, 5.74) is 2.97. The van der Waals surface area contributed by atoms with Crippen LogP contribution < -0.4 is 40.0 Å². The minimum atomic E-state index is -4.94. The molecule has 0 aliphatic carbocycles. The fourth-order valence-electron chi connectivity index (χ4n) is 4.79. The van der Waals surface area contributed by atoms with Crippen LogP contribution in [0.25, 0.3) is 22.8 Å². The number of halogens is 1. The van der Waals surface area contributed by atoms with Gasteiger partial charge in [0.2, 0.25) is 11.3 Å². The van der Waals surface area contributed by atoms with Crippen molar-refractivity contribution in [3.05, 3.63) is 152 Å². The van der Waals surface area contributed by atoms with Crippen molar-refractivity contribution in [3.63, 3.8) is 0 Å². The first-order valence-electron chi connectivity index (χ1n) is 12.7. The molecule has 0 aliphatic rings. The van der Waals surface area contributed by atoms with Crippen LogP contribution >= 0.6 is 7.26 Å². The first-order chi connectivity index (χ1) is 19.9. The van der Waals surface area contributed by atoms with Crippen molar-refractivity contribution in [2.45, 2.75) is 0 Å². The second kappa shape index (κ2) is 12.6. The van der Waals surface area contributed by atoms with Crippen LogP contribution in [0.1, 0.15) is 0 Å². The monoisotopic (exact) mass is 581 g/mol. The molecule has 0 radical (unpaired) electrons. The first-order valence-corrected chi connectivity index (χ1v) is 15.7. The molecule has 0 amide bonds. The Morgan fingerprint density at radius 3 is 1.15 bits per heavy atom. The van der Waals surface area contributed by atoms with Crippen LogP contribution in [0.15, 0.2) is 156 Å². The molecule has 1 heterocycles. The van der Waals surface area contributed by atoms with Crippen LogP contribution in [0.2, 0.25) is 0 Å². The highest BCUT2D eigenvalue weighted by molar-refractivity contribution is 8.01. The molecule has 0 fully saturated rings. The van der Waals surface area contributed by atoms with Gasteiger partial charge in [0, 0.05) is 11.1 Å². The highest BCUT2D eigenvalue weighted by Gasteiger charge is 2.52. The summed E-state index contributed by atoms with van der Waals surface area (Å²) in [5, 5.41) is 3.73. The molecular formula is C33H25ClNO5P. The largest absolute Gasteiger partial charge is 0.432 e. The van der Waals surface area contributed by atoms with Gasteiger partial charge in [-0.05, 0) is 48.5 Å². The summed E-state index contributed by atoms with van der Waals surface area (Å²) in [5.74, 6) is 1.45. The Morgan fingerprint density at radius 1 is 0.463 bits per heavy atom. The molecule has 204 valence electrons. The van der Waals surface area contributed by atoms with E-state index in [9.17, 15) is 0 Å². The molecule has 6 rings (SSSR count). The number of oxazole rings is 1. The van der Waals surface area contributed by atoms with Gasteiger partial charge >= 0.3 is 0 Å². The number of aromatic nitrogens is 1. The quantitative estimate of drug-likeness (QED) is 0.277. The van der Waals surface area contributed by atoms with E-state index in [-0.39, 0.29) is 0 Å². The molecule has 8 heteroatoms. The van der Waals surface area contributed by atoms with E-state index in [0.29, 0.717) is 5.89 Å². The van der Waals surface area contributed by atoms with Crippen LogP contribution in [-0.4, -0.2) is 4.98 Å².